The molecular formula is C75H120O6. The van der Waals surface area contributed by atoms with Gasteiger partial charge in [-0.05, 0) is 148 Å². The molecule has 0 saturated carbocycles. The lowest BCUT2D eigenvalue weighted by Gasteiger charge is -2.18. The van der Waals surface area contributed by atoms with Crippen LogP contribution in [0.4, 0.5) is 0 Å². The van der Waals surface area contributed by atoms with E-state index < -0.39 is 6.10 Å². The molecule has 0 bridgehead atoms. The molecule has 0 aliphatic carbocycles. The first-order chi connectivity index (χ1) is 40.0. The maximum atomic E-state index is 12.9. The van der Waals surface area contributed by atoms with E-state index in [1.54, 1.807) is 0 Å². The van der Waals surface area contributed by atoms with Gasteiger partial charge >= 0.3 is 17.9 Å². The number of hydrogen-bond donors (Lipinski definition) is 0. The van der Waals surface area contributed by atoms with E-state index in [2.05, 4.69) is 179 Å². The van der Waals surface area contributed by atoms with Gasteiger partial charge in [0.05, 0.1) is 0 Å². The standard InChI is InChI=1S/C75H120O6/c1-4-7-10-13-16-19-22-24-26-28-30-32-33-34-35-36-37-38-39-40-41-43-44-46-48-50-53-56-59-62-65-68-74(77)80-71-72(70-79-73(76)67-64-61-58-55-52-21-18-15-12-9-6-3)81-75(78)69-66-63-60-57-54-51-49-47-45-42-31-29-27-25-23-20-17-14-11-8-5-2/h7,10,15-16,18-19,23-26,29-32,34-35,37-38,40-41,44-47,50,53,72H,4-6,8-9,11-14,17,20-22,27-28,33,36,39,42-43,48-49,51-52,54-71H2,1-3H3/b10-7-,18-15-,19-16-,25-23-,26-24-,31-29-,32-30-,35-34-,38-37-,41-40-,46-44-,47-45-,53-50-. The number of esters is 3. The van der Waals surface area contributed by atoms with Crippen LogP contribution in [0, 0.1) is 0 Å². The lowest BCUT2D eigenvalue weighted by Crippen LogP contribution is -2.30. The summed E-state index contributed by atoms with van der Waals surface area (Å²) in [6, 6.07) is 0. The Balaban J connectivity index is 4.40. The van der Waals surface area contributed by atoms with Gasteiger partial charge < -0.3 is 14.2 Å². The molecule has 0 N–H and O–H groups in total. The van der Waals surface area contributed by atoms with Crippen molar-refractivity contribution in [3.8, 4) is 0 Å². The highest BCUT2D eigenvalue weighted by Crippen LogP contribution is 2.14. The Morgan fingerprint density at radius 2 is 0.494 bits per heavy atom. The second kappa shape index (κ2) is 67.5. The summed E-state index contributed by atoms with van der Waals surface area (Å²) in [5, 5.41) is 0. The first-order valence-corrected chi connectivity index (χ1v) is 33.0. The third kappa shape index (κ3) is 65.7. The molecule has 0 aromatic carbocycles. The summed E-state index contributed by atoms with van der Waals surface area (Å²) in [6.45, 7) is 6.43. The van der Waals surface area contributed by atoms with Crippen LogP contribution < -0.4 is 0 Å². The van der Waals surface area contributed by atoms with Crippen LogP contribution in [0.5, 0.6) is 0 Å². The van der Waals surface area contributed by atoms with Gasteiger partial charge in [0.25, 0.3) is 0 Å². The molecule has 0 radical (unpaired) electrons. The summed E-state index contributed by atoms with van der Waals surface area (Å²) < 4.78 is 16.9. The fourth-order valence-electron chi connectivity index (χ4n) is 8.54. The smallest absolute Gasteiger partial charge is 0.306 e. The number of allylic oxidation sites excluding steroid dienone is 26. The van der Waals surface area contributed by atoms with Crippen molar-refractivity contribution in [2.75, 3.05) is 13.2 Å². The van der Waals surface area contributed by atoms with Gasteiger partial charge in [-0.2, -0.15) is 0 Å². The van der Waals surface area contributed by atoms with Gasteiger partial charge in [0, 0.05) is 19.3 Å². The van der Waals surface area contributed by atoms with E-state index in [1.165, 1.54) is 77.0 Å². The molecule has 0 aliphatic heterocycles. The zero-order valence-corrected chi connectivity index (χ0v) is 52.2. The number of ether oxygens (including phenoxy) is 3. The van der Waals surface area contributed by atoms with Crippen molar-refractivity contribution < 1.29 is 28.6 Å². The molecule has 1 unspecified atom stereocenters. The van der Waals surface area contributed by atoms with E-state index in [0.29, 0.717) is 19.3 Å². The predicted molar refractivity (Wildman–Crippen MR) is 352 cm³/mol. The van der Waals surface area contributed by atoms with Gasteiger partial charge in [0.15, 0.2) is 6.10 Å². The fraction of sp³-hybridized carbons (Fsp3) is 0.613. The van der Waals surface area contributed by atoms with Gasteiger partial charge in [0.2, 0.25) is 0 Å². The number of hydrogen-bond acceptors (Lipinski definition) is 6. The molecular weight excluding hydrogens is 997 g/mol. The van der Waals surface area contributed by atoms with E-state index in [1.807, 2.05) is 0 Å². The van der Waals surface area contributed by atoms with Crippen LogP contribution in [-0.2, 0) is 28.6 Å². The minimum Gasteiger partial charge on any atom is -0.462 e. The molecule has 1 atom stereocenters. The third-order valence-electron chi connectivity index (χ3n) is 13.5. The Morgan fingerprint density at radius 1 is 0.259 bits per heavy atom. The highest BCUT2D eigenvalue weighted by Gasteiger charge is 2.19. The molecule has 0 amide bonds. The molecule has 0 fully saturated rings. The summed E-state index contributed by atoms with van der Waals surface area (Å²) in [7, 11) is 0. The van der Waals surface area contributed by atoms with Gasteiger partial charge in [-0.3, -0.25) is 14.4 Å². The quantitative estimate of drug-likeness (QED) is 0.0261. The van der Waals surface area contributed by atoms with Crippen LogP contribution >= 0.6 is 0 Å². The van der Waals surface area contributed by atoms with E-state index in [9.17, 15) is 14.4 Å². The average molecular weight is 1120 g/mol. The number of unbranched alkanes of at least 4 members (excludes halogenated alkanes) is 21. The second-order valence-corrected chi connectivity index (χ2v) is 21.3. The molecule has 0 rings (SSSR count). The van der Waals surface area contributed by atoms with Crippen molar-refractivity contribution in [2.45, 2.75) is 284 Å². The Labute approximate surface area is 499 Å². The molecule has 6 heteroatoms. The Kier molecular flexibility index (Phi) is 63.4. The topological polar surface area (TPSA) is 78.9 Å². The zero-order valence-electron chi connectivity index (χ0n) is 52.2. The number of carbonyl (C=O) groups is 3. The normalized spacial score (nSPS) is 13.2. The lowest BCUT2D eigenvalue weighted by molar-refractivity contribution is -0.167. The Bertz CT molecular complexity index is 1810. The summed E-state index contributed by atoms with van der Waals surface area (Å²) in [5.74, 6) is -0.963. The molecule has 0 aromatic heterocycles. The largest absolute Gasteiger partial charge is 0.462 e. The molecule has 0 aromatic rings. The van der Waals surface area contributed by atoms with Crippen molar-refractivity contribution in [3.05, 3.63) is 158 Å². The molecule has 0 heterocycles. The number of rotatable bonds is 58. The van der Waals surface area contributed by atoms with Gasteiger partial charge in [-0.25, -0.2) is 0 Å². The first-order valence-electron chi connectivity index (χ1n) is 33.0. The minimum absolute atomic E-state index is 0.104. The first kappa shape index (κ1) is 76.0. The van der Waals surface area contributed by atoms with E-state index in [-0.39, 0.29) is 31.1 Å². The number of carbonyl (C=O) groups excluding carboxylic acids is 3. The van der Waals surface area contributed by atoms with Crippen LogP contribution in [0.1, 0.15) is 278 Å². The van der Waals surface area contributed by atoms with Crippen LogP contribution in [0.25, 0.3) is 0 Å². The molecule has 0 spiro atoms. The summed E-state index contributed by atoms with van der Waals surface area (Å²) in [5.41, 5.74) is 0. The van der Waals surface area contributed by atoms with Crippen molar-refractivity contribution in [2.24, 2.45) is 0 Å². The minimum atomic E-state index is -0.811. The molecule has 456 valence electrons. The van der Waals surface area contributed by atoms with Crippen molar-refractivity contribution in [1.29, 1.82) is 0 Å². The van der Waals surface area contributed by atoms with Crippen molar-refractivity contribution in [1.82, 2.24) is 0 Å². The lowest BCUT2D eigenvalue weighted by atomic mass is 10.1. The predicted octanol–water partition coefficient (Wildman–Crippen LogP) is 22.9. The molecule has 81 heavy (non-hydrogen) atoms. The van der Waals surface area contributed by atoms with Crippen LogP contribution in [0.2, 0.25) is 0 Å². The Morgan fingerprint density at radius 3 is 0.815 bits per heavy atom. The highest BCUT2D eigenvalue weighted by atomic mass is 16.6. The van der Waals surface area contributed by atoms with E-state index >= 15 is 0 Å². The van der Waals surface area contributed by atoms with E-state index in [4.69, 9.17) is 14.2 Å². The fourth-order valence-corrected chi connectivity index (χ4v) is 8.54. The summed E-state index contributed by atoms with van der Waals surface area (Å²) in [4.78, 5) is 38.3. The van der Waals surface area contributed by atoms with Crippen LogP contribution in [0.15, 0.2) is 158 Å². The molecule has 0 aliphatic rings. The van der Waals surface area contributed by atoms with Crippen molar-refractivity contribution >= 4 is 17.9 Å². The molecule has 0 saturated heterocycles. The SMILES string of the molecule is CC/C=C\C/C=C\C/C=C\C/C=C\C/C=C\C/C=C\C/C=C\C/C=C\C/C=C\CCCCCC(=O)OCC(COC(=O)CCCCCCC/C=C\CCCC)OC(=O)CCCCCCCC/C=C\C/C=C\C/C=C\CCCCCCC. The maximum absolute atomic E-state index is 12.9. The van der Waals surface area contributed by atoms with E-state index in [0.717, 1.165) is 161 Å². The Hall–Kier alpha value is -4.97. The highest BCUT2D eigenvalue weighted by molar-refractivity contribution is 5.71. The second-order valence-electron chi connectivity index (χ2n) is 21.3. The zero-order chi connectivity index (χ0) is 58.5. The van der Waals surface area contributed by atoms with Gasteiger partial charge in [-0.1, -0.05) is 269 Å². The average Bonchev–Trinajstić information content (AvgIpc) is 3.47. The van der Waals surface area contributed by atoms with Crippen LogP contribution in [-0.4, -0.2) is 37.2 Å². The third-order valence-corrected chi connectivity index (χ3v) is 13.5. The summed E-state index contributed by atoms with van der Waals surface area (Å²) >= 11 is 0. The maximum Gasteiger partial charge on any atom is 0.306 e. The summed E-state index contributed by atoms with van der Waals surface area (Å²) in [6.07, 6.45) is 98.2. The van der Waals surface area contributed by atoms with Gasteiger partial charge in [-0.15, -0.1) is 0 Å². The van der Waals surface area contributed by atoms with Gasteiger partial charge in [0.1, 0.15) is 13.2 Å². The molecule has 6 nitrogen and oxygen atoms in total. The van der Waals surface area contributed by atoms with Crippen molar-refractivity contribution in [3.63, 3.8) is 0 Å². The monoisotopic (exact) mass is 1120 g/mol. The van der Waals surface area contributed by atoms with Crippen LogP contribution in [0.3, 0.4) is 0 Å².